The van der Waals surface area contributed by atoms with Gasteiger partial charge in [-0.3, -0.25) is 0 Å². The molecule has 2 nitrogen and oxygen atoms in total. The number of ether oxygens (including phenoxy) is 1. The molecule has 0 heterocycles. The number of hydrogen-bond donors (Lipinski definition) is 1. The topological polar surface area (TPSA) is 21.3 Å². The van der Waals surface area contributed by atoms with E-state index in [0.29, 0.717) is 6.10 Å². The van der Waals surface area contributed by atoms with Crippen LogP contribution in [0.15, 0.2) is 0 Å². The Bertz CT molecular complexity index is 168. The first-order valence-electron chi connectivity index (χ1n) is 6.16. The van der Waals surface area contributed by atoms with Crippen LogP contribution in [0.5, 0.6) is 0 Å². The smallest absolute Gasteiger partial charge is 0.0600 e. The molecule has 82 valence electrons. The lowest BCUT2D eigenvalue weighted by Gasteiger charge is -2.30. The van der Waals surface area contributed by atoms with Crippen molar-refractivity contribution < 1.29 is 4.74 Å². The highest BCUT2D eigenvalue weighted by atomic mass is 16.5. The second kappa shape index (κ2) is 5.13. The van der Waals surface area contributed by atoms with E-state index in [4.69, 9.17) is 4.74 Å². The van der Waals surface area contributed by atoms with Gasteiger partial charge in [0.05, 0.1) is 6.10 Å². The third-order valence-electron chi connectivity index (χ3n) is 3.67. The molecule has 0 spiro atoms. The number of hydrogen-bond acceptors (Lipinski definition) is 2. The summed E-state index contributed by atoms with van der Waals surface area (Å²) in [7, 11) is 1.87. The SMILES string of the molecule is CO[C@H]1CCCC[C@H]1CCNC1CC1. The molecule has 2 aliphatic carbocycles. The normalized spacial score (nSPS) is 33.2. The Balaban J connectivity index is 1.64. The van der Waals surface area contributed by atoms with Crippen molar-refractivity contribution in [3.63, 3.8) is 0 Å². The lowest BCUT2D eigenvalue weighted by Crippen LogP contribution is -2.30. The van der Waals surface area contributed by atoms with Crippen molar-refractivity contribution in [1.29, 1.82) is 0 Å². The molecule has 2 heteroatoms. The molecular formula is C12H23NO. The summed E-state index contributed by atoms with van der Waals surface area (Å²) in [4.78, 5) is 0. The molecule has 0 bridgehead atoms. The molecule has 2 saturated carbocycles. The summed E-state index contributed by atoms with van der Waals surface area (Å²) in [6.07, 6.45) is 10.1. The molecule has 0 unspecified atom stereocenters. The fraction of sp³-hybridized carbons (Fsp3) is 1.00. The van der Waals surface area contributed by atoms with Gasteiger partial charge in [0.2, 0.25) is 0 Å². The zero-order valence-corrected chi connectivity index (χ0v) is 9.30. The monoisotopic (exact) mass is 197 g/mol. The lowest BCUT2D eigenvalue weighted by molar-refractivity contribution is 0.0205. The van der Waals surface area contributed by atoms with E-state index >= 15 is 0 Å². The van der Waals surface area contributed by atoms with Crippen molar-refractivity contribution in [2.45, 2.75) is 57.1 Å². The molecule has 2 aliphatic rings. The fourth-order valence-corrected chi connectivity index (χ4v) is 2.57. The first-order chi connectivity index (χ1) is 6.90. The summed E-state index contributed by atoms with van der Waals surface area (Å²) in [6, 6.07) is 0.861. The fourth-order valence-electron chi connectivity index (χ4n) is 2.57. The minimum atomic E-state index is 0.546. The third kappa shape index (κ3) is 2.96. The number of methoxy groups -OCH3 is 1. The van der Waals surface area contributed by atoms with E-state index in [0.717, 1.165) is 12.0 Å². The average Bonchev–Trinajstić information content (AvgIpc) is 3.03. The largest absolute Gasteiger partial charge is 0.381 e. The summed E-state index contributed by atoms with van der Waals surface area (Å²) in [5.74, 6) is 0.819. The van der Waals surface area contributed by atoms with Crippen molar-refractivity contribution in [2.24, 2.45) is 5.92 Å². The molecule has 2 rings (SSSR count). The molecule has 0 aromatic heterocycles. The van der Waals surface area contributed by atoms with Crippen LogP contribution >= 0.6 is 0 Å². The standard InChI is InChI=1S/C12H23NO/c1-14-12-5-3-2-4-10(12)8-9-13-11-6-7-11/h10-13H,2-9H2,1H3/t10-,12-/m0/s1. The van der Waals surface area contributed by atoms with E-state index in [9.17, 15) is 0 Å². The van der Waals surface area contributed by atoms with Gasteiger partial charge >= 0.3 is 0 Å². The molecule has 1 N–H and O–H groups in total. The van der Waals surface area contributed by atoms with Crippen molar-refractivity contribution in [2.75, 3.05) is 13.7 Å². The van der Waals surface area contributed by atoms with Crippen molar-refractivity contribution in [1.82, 2.24) is 5.32 Å². The van der Waals surface area contributed by atoms with Gasteiger partial charge in [-0.05, 0) is 44.6 Å². The van der Waals surface area contributed by atoms with E-state index in [1.54, 1.807) is 0 Å². The minimum absolute atomic E-state index is 0.546. The Morgan fingerprint density at radius 3 is 2.64 bits per heavy atom. The molecule has 2 atom stereocenters. The third-order valence-corrected chi connectivity index (χ3v) is 3.67. The average molecular weight is 197 g/mol. The molecular weight excluding hydrogens is 174 g/mol. The molecule has 0 amide bonds. The Labute approximate surface area is 87.4 Å². The highest BCUT2D eigenvalue weighted by Gasteiger charge is 2.25. The summed E-state index contributed by atoms with van der Waals surface area (Å²) in [6.45, 7) is 1.20. The molecule has 0 saturated heterocycles. The van der Waals surface area contributed by atoms with Gasteiger partial charge in [-0.1, -0.05) is 12.8 Å². The zero-order chi connectivity index (χ0) is 9.80. The van der Waals surface area contributed by atoms with Crippen LogP contribution in [0, 0.1) is 5.92 Å². The second-order valence-corrected chi connectivity index (χ2v) is 4.84. The van der Waals surface area contributed by atoms with Crippen LogP contribution in [0.2, 0.25) is 0 Å². The molecule has 2 fully saturated rings. The van der Waals surface area contributed by atoms with Crippen molar-refractivity contribution >= 4 is 0 Å². The van der Waals surface area contributed by atoms with Gasteiger partial charge < -0.3 is 10.1 Å². The van der Waals surface area contributed by atoms with Crippen LogP contribution in [0.3, 0.4) is 0 Å². The first kappa shape index (κ1) is 10.4. The van der Waals surface area contributed by atoms with E-state index in [2.05, 4.69) is 5.32 Å². The van der Waals surface area contributed by atoms with E-state index in [1.807, 2.05) is 7.11 Å². The maximum absolute atomic E-state index is 5.55. The number of nitrogens with one attached hydrogen (secondary N) is 1. The molecule has 0 aliphatic heterocycles. The van der Waals surface area contributed by atoms with Gasteiger partial charge in [-0.15, -0.1) is 0 Å². The Kier molecular flexibility index (Phi) is 3.82. The predicted molar refractivity (Wildman–Crippen MR) is 58.4 cm³/mol. The molecule has 0 radical (unpaired) electrons. The van der Waals surface area contributed by atoms with Crippen LogP contribution in [0.1, 0.15) is 44.9 Å². The van der Waals surface area contributed by atoms with Gasteiger partial charge in [0.1, 0.15) is 0 Å². The maximum Gasteiger partial charge on any atom is 0.0600 e. The predicted octanol–water partition coefficient (Wildman–Crippen LogP) is 2.33. The summed E-state index contributed by atoms with van der Waals surface area (Å²) in [5.41, 5.74) is 0. The van der Waals surface area contributed by atoms with Crippen LogP contribution in [-0.4, -0.2) is 25.8 Å². The van der Waals surface area contributed by atoms with Crippen molar-refractivity contribution in [3.8, 4) is 0 Å². The quantitative estimate of drug-likeness (QED) is 0.730. The zero-order valence-electron chi connectivity index (χ0n) is 9.30. The van der Waals surface area contributed by atoms with Crippen LogP contribution < -0.4 is 5.32 Å². The van der Waals surface area contributed by atoms with Crippen molar-refractivity contribution in [3.05, 3.63) is 0 Å². The highest BCUT2D eigenvalue weighted by Crippen LogP contribution is 2.29. The summed E-state index contributed by atoms with van der Waals surface area (Å²) >= 11 is 0. The molecule has 14 heavy (non-hydrogen) atoms. The van der Waals surface area contributed by atoms with Crippen LogP contribution in [0.4, 0.5) is 0 Å². The summed E-state index contributed by atoms with van der Waals surface area (Å²) in [5, 5.41) is 3.59. The number of rotatable bonds is 5. The Morgan fingerprint density at radius 1 is 1.14 bits per heavy atom. The molecule has 0 aromatic rings. The van der Waals surface area contributed by atoms with Gasteiger partial charge in [0.25, 0.3) is 0 Å². The Hall–Kier alpha value is -0.0800. The summed E-state index contributed by atoms with van der Waals surface area (Å²) < 4.78 is 5.55. The minimum Gasteiger partial charge on any atom is -0.381 e. The Morgan fingerprint density at radius 2 is 1.93 bits per heavy atom. The molecule has 0 aromatic carbocycles. The van der Waals surface area contributed by atoms with Gasteiger partial charge in [-0.2, -0.15) is 0 Å². The van der Waals surface area contributed by atoms with Gasteiger partial charge in [0.15, 0.2) is 0 Å². The van der Waals surface area contributed by atoms with Gasteiger partial charge in [0, 0.05) is 13.2 Å². The van der Waals surface area contributed by atoms with Crippen LogP contribution in [-0.2, 0) is 4.74 Å². The van der Waals surface area contributed by atoms with Gasteiger partial charge in [-0.25, -0.2) is 0 Å². The second-order valence-electron chi connectivity index (χ2n) is 4.84. The van der Waals surface area contributed by atoms with E-state index < -0.39 is 0 Å². The first-order valence-corrected chi connectivity index (χ1v) is 6.16. The van der Waals surface area contributed by atoms with E-state index in [-0.39, 0.29) is 0 Å². The lowest BCUT2D eigenvalue weighted by atomic mass is 9.84. The van der Waals surface area contributed by atoms with Crippen LogP contribution in [0.25, 0.3) is 0 Å². The maximum atomic E-state index is 5.55. The highest BCUT2D eigenvalue weighted by molar-refractivity contribution is 4.82. The van der Waals surface area contributed by atoms with E-state index in [1.165, 1.54) is 51.5 Å².